The van der Waals surface area contributed by atoms with Gasteiger partial charge in [-0.25, -0.2) is 0 Å². The number of rotatable bonds is 5. The molecule has 5 rings (SSSR count). The zero-order valence-corrected chi connectivity index (χ0v) is 24.9. The zero-order valence-electron chi connectivity index (χ0n) is 24.9. The van der Waals surface area contributed by atoms with Crippen LogP contribution < -0.4 is 21.7 Å². The summed E-state index contributed by atoms with van der Waals surface area (Å²) in [4.78, 5) is 61.5. The van der Waals surface area contributed by atoms with Crippen molar-refractivity contribution in [2.75, 3.05) is 0 Å². The van der Waals surface area contributed by atoms with Crippen molar-refractivity contribution in [3.63, 3.8) is 0 Å². The van der Waals surface area contributed by atoms with Crippen molar-refractivity contribution < 1.29 is 20.4 Å². The first kappa shape index (κ1) is 30.1. The fraction of sp³-hybridized carbons (Fsp3) is 0.235. The zero-order chi connectivity index (χ0) is 32.4. The molecule has 0 saturated heterocycles. The Hall–Kier alpha value is -5.38. The third kappa shape index (κ3) is 4.33. The molecule has 3 aromatic rings. The maximum absolute atomic E-state index is 14.1. The van der Waals surface area contributed by atoms with Gasteiger partial charge in [0.05, 0.1) is 11.3 Å². The van der Waals surface area contributed by atoms with E-state index in [2.05, 4.69) is 9.98 Å². The lowest BCUT2D eigenvalue weighted by atomic mass is 9.82. The average molecular weight is 595 g/mol. The third-order valence-corrected chi connectivity index (χ3v) is 8.07. The number of hydrogen-bond acceptors (Lipinski definition) is 10. The number of hydrogen-bond donors (Lipinski definition) is 4. The lowest BCUT2D eigenvalue weighted by molar-refractivity contribution is 0.397. The van der Waals surface area contributed by atoms with Gasteiger partial charge >= 0.3 is 0 Å². The molecule has 0 saturated carbocycles. The predicted molar refractivity (Wildman–Crippen MR) is 169 cm³/mol. The van der Waals surface area contributed by atoms with Gasteiger partial charge in [0, 0.05) is 80.0 Å². The molecule has 0 fully saturated rings. The number of nitrogens with zero attached hydrogens (tertiary/aromatic N) is 2. The molecule has 1 aromatic heterocycles. The van der Waals surface area contributed by atoms with Gasteiger partial charge < -0.3 is 20.4 Å². The quantitative estimate of drug-likeness (QED) is 0.0968. The van der Waals surface area contributed by atoms with E-state index in [4.69, 9.17) is 0 Å². The van der Waals surface area contributed by atoms with Crippen molar-refractivity contribution in [2.45, 2.75) is 53.4 Å². The van der Waals surface area contributed by atoms with E-state index in [0.717, 1.165) is 6.07 Å². The number of phenolic OH excluding ortho intramolecular Hbond substituents is 4. The summed E-state index contributed by atoms with van der Waals surface area (Å²) < 4.78 is 0. The van der Waals surface area contributed by atoms with Gasteiger partial charge in [-0.2, -0.15) is 0 Å². The second kappa shape index (κ2) is 10.7. The van der Waals surface area contributed by atoms with Crippen LogP contribution in [0, 0.1) is 13.8 Å². The summed E-state index contributed by atoms with van der Waals surface area (Å²) in [5, 5.41) is 45.7. The average Bonchev–Trinajstić information content (AvgIpc) is 2.97. The smallest absolute Gasteiger partial charge is 0.229 e. The van der Waals surface area contributed by atoms with Crippen LogP contribution in [-0.2, 0) is 0 Å². The summed E-state index contributed by atoms with van der Waals surface area (Å²) in [6, 6.07) is 4.02. The van der Waals surface area contributed by atoms with Crippen LogP contribution in [0.15, 0.2) is 54.8 Å². The highest BCUT2D eigenvalue weighted by atomic mass is 16.3. The predicted octanol–water partition coefficient (Wildman–Crippen LogP) is 4.76. The second-order valence-corrected chi connectivity index (χ2v) is 11.4. The number of aliphatic imine (C=N–C) groups is 1. The molecule has 2 aliphatic carbocycles. The summed E-state index contributed by atoms with van der Waals surface area (Å²) >= 11 is 0. The largest absolute Gasteiger partial charge is 0.507 e. The van der Waals surface area contributed by atoms with Crippen LogP contribution in [0.25, 0.3) is 33.0 Å². The third-order valence-electron chi connectivity index (χ3n) is 8.07. The minimum absolute atomic E-state index is 0.0184. The number of aromatic hydroxyl groups is 4. The lowest BCUT2D eigenvalue weighted by Crippen LogP contribution is -2.35. The Kier molecular flexibility index (Phi) is 7.33. The highest BCUT2D eigenvalue weighted by Gasteiger charge is 2.32. The SMILES string of the molecule is Cc1c(-c2c(C)c(=O)c3c(C(C)C)c(=O)c(=O)cc-3c2=O)c(O)c2c(C=Nc3ccncc3)c(O)c(O)c(C(C)C)c2c1O. The lowest BCUT2D eigenvalue weighted by Gasteiger charge is -2.23. The highest BCUT2D eigenvalue weighted by Crippen LogP contribution is 2.53. The fourth-order valence-electron chi connectivity index (χ4n) is 5.97. The highest BCUT2D eigenvalue weighted by molar-refractivity contribution is 6.14. The molecule has 44 heavy (non-hydrogen) atoms. The Morgan fingerprint density at radius 3 is 1.89 bits per heavy atom. The Morgan fingerprint density at radius 2 is 1.30 bits per heavy atom. The molecule has 0 radical (unpaired) electrons. The Labute approximate surface area is 250 Å². The van der Waals surface area contributed by atoms with E-state index < -0.39 is 56.5 Å². The van der Waals surface area contributed by atoms with Gasteiger partial charge in [-0.3, -0.25) is 29.2 Å². The molecule has 4 N–H and O–H groups in total. The number of aromatic nitrogens is 1. The molecule has 0 atom stereocenters. The van der Waals surface area contributed by atoms with Gasteiger partial charge in [-0.05, 0) is 37.8 Å². The molecule has 0 bridgehead atoms. The van der Waals surface area contributed by atoms with Gasteiger partial charge in [-0.1, -0.05) is 27.7 Å². The number of fused-ring (bicyclic) bond motifs is 2. The van der Waals surface area contributed by atoms with Gasteiger partial charge in [0.1, 0.15) is 11.5 Å². The van der Waals surface area contributed by atoms with Gasteiger partial charge in [-0.15, -0.1) is 0 Å². The van der Waals surface area contributed by atoms with Gasteiger partial charge in [0.15, 0.2) is 22.4 Å². The van der Waals surface area contributed by atoms with Crippen LogP contribution in [0.1, 0.15) is 67.3 Å². The monoisotopic (exact) mass is 594 g/mol. The number of benzene rings is 4. The van der Waals surface area contributed by atoms with Crippen LogP contribution in [0.3, 0.4) is 0 Å². The summed E-state index contributed by atoms with van der Waals surface area (Å²) in [6.07, 6.45) is 4.20. The molecule has 0 unspecified atom stereocenters. The topological polar surface area (TPSA) is 174 Å². The van der Waals surface area contributed by atoms with Crippen LogP contribution in [0.2, 0.25) is 0 Å². The fourth-order valence-corrected chi connectivity index (χ4v) is 5.97. The van der Waals surface area contributed by atoms with E-state index in [1.54, 1.807) is 39.8 Å². The Balaban J connectivity index is 2.01. The van der Waals surface area contributed by atoms with Crippen molar-refractivity contribution >= 4 is 22.7 Å². The number of pyridine rings is 1. The Bertz CT molecular complexity index is 2210. The number of phenols is 4. The molecular weight excluding hydrogens is 564 g/mol. The molecule has 10 nitrogen and oxygen atoms in total. The second-order valence-electron chi connectivity index (χ2n) is 11.4. The molecular formula is C34H30N2O8. The van der Waals surface area contributed by atoms with Crippen LogP contribution >= 0.6 is 0 Å². The molecule has 0 amide bonds. The molecule has 0 spiro atoms. The van der Waals surface area contributed by atoms with E-state index in [1.807, 2.05) is 0 Å². The van der Waals surface area contributed by atoms with E-state index in [0.29, 0.717) is 5.69 Å². The van der Waals surface area contributed by atoms with Crippen LogP contribution in [-0.4, -0.2) is 31.6 Å². The minimum Gasteiger partial charge on any atom is -0.507 e. The molecule has 2 aliphatic rings. The normalized spacial score (nSPS) is 12.0. The first-order chi connectivity index (χ1) is 20.7. The summed E-state index contributed by atoms with van der Waals surface area (Å²) in [5.41, 5.74) is -3.82. The van der Waals surface area contributed by atoms with Gasteiger partial charge in [0.2, 0.25) is 10.9 Å². The molecule has 2 aromatic carbocycles. The van der Waals surface area contributed by atoms with Crippen molar-refractivity contribution in [3.05, 3.63) is 99.3 Å². The molecule has 10 heteroatoms. The van der Waals surface area contributed by atoms with E-state index >= 15 is 0 Å². The van der Waals surface area contributed by atoms with Crippen molar-refractivity contribution in [2.24, 2.45) is 4.99 Å². The van der Waals surface area contributed by atoms with E-state index in [-0.39, 0.29) is 60.8 Å². The van der Waals surface area contributed by atoms with E-state index in [1.165, 1.54) is 32.5 Å². The summed E-state index contributed by atoms with van der Waals surface area (Å²) in [5.74, 6) is -3.07. The first-order valence-corrected chi connectivity index (χ1v) is 14.0. The van der Waals surface area contributed by atoms with Gasteiger partial charge in [0.25, 0.3) is 0 Å². The molecule has 0 aliphatic heterocycles. The minimum atomic E-state index is -0.939. The summed E-state index contributed by atoms with van der Waals surface area (Å²) in [6.45, 7) is 9.55. The maximum atomic E-state index is 14.1. The van der Waals surface area contributed by atoms with Crippen LogP contribution in [0.5, 0.6) is 23.0 Å². The van der Waals surface area contributed by atoms with Crippen molar-refractivity contribution in [1.29, 1.82) is 0 Å². The summed E-state index contributed by atoms with van der Waals surface area (Å²) in [7, 11) is 0. The van der Waals surface area contributed by atoms with E-state index in [9.17, 15) is 39.6 Å². The molecule has 1 heterocycles. The standard InChI is InChI=1S/C34H30N2O8/c1-13(2)21-25-18(11-20(37)32(21)42)30(40)23(15(5)28(25)38)24-16(6)29(39)27-22(14(3)4)34(44)31(41)19(26(27)33(24)43)12-36-17-7-9-35-10-8-17/h7-14,39,41,43-44H,1-6H3. The first-order valence-electron chi connectivity index (χ1n) is 14.0. The van der Waals surface area contributed by atoms with Crippen molar-refractivity contribution in [3.8, 4) is 45.3 Å². The Morgan fingerprint density at radius 1 is 0.682 bits per heavy atom. The van der Waals surface area contributed by atoms with Crippen molar-refractivity contribution in [1.82, 2.24) is 4.98 Å². The maximum Gasteiger partial charge on any atom is 0.229 e. The molecule has 224 valence electrons. The van der Waals surface area contributed by atoms with Crippen LogP contribution in [0.4, 0.5) is 5.69 Å².